The van der Waals surface area contributed by atoms with E-state index in [0.29, 0.717) is 17.0 Å². The Morgan fingerprint density at radius 1 is 1.32 bits per heavy atom. The molecule has 1 atom stereocenters. The van der Waals surface area contributed by atoms with Crippen molar-refractivity contribution in [2.45, 2.75) is 32.9 Å². The molecule has 1 aromatic rings. The van der Waals surface area contributed by atoms with Crippen LogP contribution in [0.1, 0.15) is 32.4 Å². The summed E-state index contributed by atoms with van der Waals surface area (Å²) in [6.45, 7) is 5.25. The Morgan fingerprint density at radius 2 is 2.05 bits per heavy atom. The predicted molar refractivity (Wildman–Crippen MR) is 81.3 cm³/mol. The van der Waals surface area contributed by atoms with E-state index in [1.54, 1.807) is 40.0 Å². The molecule has 118 valence electrons. The second-order valence-corrected chi connectivity index (χ2v) is 5.30. The number of carbonyl (C=O) groups is 2. The molecule has 0 radical (unpaired) electrons. The van der Waals surface area contributed by atoms with Gasteiger partial charge in [-0.3, -0.25) is 0 Å². The minimum Gasteiger partial charge on any atom is -0.497 e. The zero-order valence-electron chi connectivity index (χ0n) is 13.1. The van der Waals surface area contributed by atoms with Crippen LogP contribution in [0.2, 0.25) is 0 Å². The molecule has 2 N–H and O–H groups in total. The number of amides is 2. The van der Waals surface area contributed by atoms with Gasteiger partial charge in [0, 0.05) is 5.70 Å². The van der Waals surface area contributed by atoms with Crippen LogP contribution in [-0.4, -0.2) is 25.2 Å². The highest BCUT2D eigenvalue weighted by Gasteiger charge is 2.32. The monoisotopic (exact) mass is 304 g/mol. The average Bonchev–Trinajstić information content (AvgIpc) is 2.45. The number of rotatable bonds is 4. The number of allylic oxidation sites excluding steroid dienone is 1. The van der Waals surface area contributed by atoms with Gasteiger partial charge >= 0.3 is 12.0 Å². The van der Waals surface area contributed by atoms with Gasteiger partial charge in [0.2, 0.25) is 0 Å². The molecule has 2 amide bonds. The van der Waals surface area contributed by atoms with Gasteiger partial charge in [0.05, 0.1) is 24.8 Å². The first-order valence-corrected chi connectivity index (χ1v) is 7.05. The van der Waals surface area contributed by atoms with Crippen LogP contribution in [0.15, 0.2) is 35.5 Å². The summed E-state index contributed by atoms with van der Waals surface area (Å²) in [6, 6.07) is 6.29. The molecule has 0 saturated heterocycles. The maximum atomic E-state index is 12.4. The summed E-state index contributed by atoms with van der Waals surface area (Å²) < 4.78 is 10.5. The minimum atomic E-state index is -0.574. The van der Waals surface area contributed by atoms with Gasteiger partial charge in [0.15, 0.2) is 0 Å². The van der Waals surface area contributed by atoms with Crippen LogP contribution in [-0.2, 0) is 9.53 Å². The van der Waals surface area contributed by atoms with E-state index in [0.717, 1.165) is 5.56 Å². The Hall–Kier alpha value is -2.50. The molecule has 6 heteroatoms. The SMILES string of the molecule is COc1cccc(C2NC(=O)NC(C)=C2C(=O)OC(C)C)c1. The van der Waals surface area contributed by atoms with E-state index in [2.05, 4.69) is 10.6 Å². The zero-order chi connectivity index (χ0) is 16.3. The lowest BCUT2D eigenvalue weighted by atomic mass is 9.95. The van der Waals surface area contributed by atoms with Crippen LogP contribution in [0, 0.1) is 0 Å². The highest BCUT2D eigenvalue weighted by Crippen LogP contribution is 2.29. The fourth-order valence-electron chi connectivity index (χ4n) is 2.31. The van der Waals surface area contributed by atoms with Crippen LogP contribution in [0.5, 0.6) is 5.75 Å². The molecule has 1 aliphatic heterocycles. The first-order chi connectivity index (χ1) is 10.4. The van der Waals surface area contributed by atoms with Crippen molar-refractivity contribution in [1.82, 2.24) is 10.6 Å². The Morgan fingerprint density at radius 3 is 2.68 bits per heavy atom. The van der Waals surface area contributed by atoms with Crippen LogP contribution >= 0.6 is 0 Å². The highest BCUT2D eigenvalue weighted by atomic mass is 16.5. The van der Waals surface area contributed by atoms with Gasteiger partial charge in [-0.15, -0.1) is 0 Å². The molecule has 1 unspecified atom stereocenters. The van der Waals surface area contributed by atoms with E-state index in [-0.39, 0.29) is 12.1 Å². The van der Waals surface area contributed by atoms with Crippen molar-refractivity contribution in [3.8, 4) is 5.75 Å². The third kappa shape index (κ3) is 3.39. The fourth-order valence-corrected chi connectivity index (χ4v) is 2.31. The third-order valence-corrected chi connectivity index (χ3v) is 3.26. The summed E-state index contributed by atoms with van der Waals surface area (Å²) in [5.41, 5.74) is 1.63. The van der Waals surface area contributed by atoms with E-state index in [9.17, 15) is 9.59 Å². The molecule has 2 rings (SSSR count). The fraction of sp³-hybridized carbons (Fsp3) is 0.375. The highest BCUT2D eigenvalue weighted by molar-refractivity contribution is 5.95. The number of benzene rings is 1. The zero-order valence-corrected chi connectivity index (χ0v) is 13.1. The number of carbonyl (C=O) groups excluding carboxylic acids is 2. The van der Waals surface area contributed by atoms with E-state index < -0.39 is 12.0 Å². The lowest BCUT2D eigenvalue weighted by Gasteiger charge is -2.28. The van der Waals surface area contributed by atoms with Gasteiger partial charge in [-0.2, -0.15) is 0 Å². The van der Waals surface area contributed by atoms with Crippen LogP contribution in [0.25, 0.3) is 0 Å². The molecule has 1 aromatic carbocycles. The molecular weight excluding hydrogens is 284 g/mol. The van der Waals surface area contributed by atoms with Crippen LogP contribution < -0.4 is 15.4 Å². The number of hydrogen-bond donors (Lipinski definition) is 2. The minimum absolute atomic E-state index is 0.239. The van der Waals surface area contributed by atoms with Crippen molar-refractivity contribution in [1.29, 1.82) is 0 Å². The first-order valence-electron chi connectivity index (χ1n) is 7.05. The van der Waals surface area contributed by atoms with Crippen LogP contribution in [0.4, 0.5) is 4.79 Å². The number of ether oxygens (including phenoxy) is 2. The Bertz CT molecular complexity index is 622. The van der Waals surface area contributed by atoms with Crippen molar-refractivity contribution in [3.63, 3.8) is 0 Å². The van der Waals surface area contributed by atoms with Crippen molar-refractivity contribution in [2.24, 2.45) is 0 Å². The summed E-state index contributed by atoms with van der Waals surface area (Å²) >= 11 is 0. The lowest BCUT2D eigenvalue weighted by molar-refractivity contribution is -0.143. The molecule has 0 fully saturated rings. The summed E-state index contributed by atoms with van der Waals surface area (Å²) in [4.78, 5) is 24.1. The molecular formula is C16H20N2O4. The van der Waals surface area contributed by atoms with Gasteiger partial charge < -0.3 is 20.1 Å². The van der Waals surface area contributed by atoms with Crippen molar-refractivity contribution >= 4 is 12.0 Å². The predicted octanol–water partition coefficient (Wildman–Crippen LogP) is 2.27. The van der Waals surface area contributed by atoms with Crippen molar-refractivity contribution in [2.75, 3.05) is 7.11 Å². The summed E-state index contributed by atoms with van der Waals surface area (Å²) in [6.07, 6.45) is -0.239. The molecule has 0 bridgehead atoms. The summed E-state index contributed by atoms with van der Waals surface area (Å²) in [5, 5.41) is 5.36. The maximum Gasteiger partial charge on any atom is 0.338 e. The number of esters is 1. The molecule has 0 spiro atoms. The largest absolute Gasteiger partial charge is 0.497 e. The quantitative estimate of drug-likeness (QED) is 0.837. The lowest BCUT2D eigenvalue weighted by Crippen LogP contribution is -2.45. The van der Waals surface area contributed by atoms with Crippen molar-refractivity contribution in [3.05, 3.63) is 41.1 Å². The maximum absolute atomic E-state index is 12.4. The third-order valence-electron chi connectivity index (χ3n) is 3.26. The van der Waals surface area contributed by atoms with Gasteiger partial charge in [-0.05, 0) is 38.5 Å². The first kappa shape index (κ1) is 15.9. The van der Waals surface area contributed by atoms with E-state index >= 15 is 0 Å². The van der Waals surface area contributed by atoms with E-state index in [1.807, 2.05) is 12.1 Å². The smallest absolute Gasteiger partial charge is 0.338 e. The Labute approximate surface area is 129 Å². The molecule has 1 aliphatic rings. The Balaban J connectivity index is 2.43. The van der Waals surface area contributed by atoms with Gasteiger partial charge in [-0.25, -0.2) is 9.59 Å². The topological polar surface area (TPSA) is 76.7 Å². The number of hydrogen-bond acceptors (Lipinski definition) is 4. The number of methoxy groups -OCH3 is 1. The molecule has 6 nitrogen and oxygen atoms in total. The second-order valence-electron chi connectivity index (χ2n) is 5.30. The van der Waals surface area contributed by atoms with Gasteiger partial charge in [0.1, 0.15) is 5.75 Å². The summed E-state index contributed by atoms with van der Waals surface area (Å²) in [5.74, 6) is 0.201. The Kier molecular flexibility index (Phi) is 4.70. The molecule has 22 heavy (non-hydrogen) atoms. The van der Waals surface area contributed by atoms with Crippen molar-refractivity contribution < 1.29 is 19.1 Å². The normalized spacial score (nSPS) is 17.9. The molecule has 1 heterocycles. The number of nitrogens with one attached hydrogen (secondary N) is 2. The summed E-state index contributed by atoms with van der Waals surface area (Å²) in [7, 11) is 1.56. The average molecular weight is 304 g/mol. The molecule has 0 saturated carbocycles. The molecule has 0 aliphatic carbocycles. The standard InChI is InChI=1S/C16H20N2O4/c1-9(2)22-15(19)13-10(3)17-16(20)18-14(13)11-6-5-7-12(8-11)21-4/h5-9,14H,1-4H3,(H2,17,18,20). The second kappa shape index (κ2) is 6.51. The van der Waals surface area contributed by atoms with Gasteiger partial charge in [-0.1, -0.05) is 12.1 Å². The van der Waals surface area contributed by atoms with Gasteiger partial charge in [0.25, 0.3) is 0 Å². The van der Waals surface area contributed by atoms with E-state index in [4.69, 9.17) is 9.47 Å². The van der Waals surface area contributed by atoms with E-state index in [1.165, 1.54) is 0 Å². The van der Waals surface area contributed by atoms with Crippen LogP contribution in [0.3, 0.4) is 0 Å². The number of urea groups is 1. The molecule has 0 aromatic heterocycles.